The Morgan fingerprint density at radius 3 is 2.50 bits per heavy atom. The summed E-state index contributed by atoms with van der Waals surface area (Å²) in [4.78, 5) is 2.43. The highest BCUT2D eigenvalue weighted by molar-refractivity contribution is 9.10. The van der Waals surface area contributed by atoms with Gasteiger partial charge in [0.1, 0.15) is 11.3 Å². The molecule has 0 unspecified atom stereocenters. The highest BCUT2D eigenvalue weighted by Gasteiger charge is 2.16. The minimum atomic E-state index is 1.05. The predicted molar refractivity (Wildman–Crippen MR) is 81.2 cm³/mol. The van der Waals surface area contributed by atoms with E-state index in [1.807, 2.05) is 17.8 Å². The van der Waals surface area contributed by atoms with Crippen molar-refractivity contribution in [3.8, 4) is 0 Å². The van der Waals surface area contributed by atoms with Crippen molar-refractivity contribution >= 4 is 32.7 Å². The van der Waals surface area contributed by atoms with Gasteiger partial charge >= 0.3 is 0 Å². The summed E-state index contributed by atoms with van der Waals surface area (Å²) >= 11 is 3.58. The van der Waals surface area contributed by atoms with Crippen LogP contribution in [0.25, 0.3) is 10.9 Å². The van der Waals surface area contributed by atoms with Gasteiger partial charge in [0.05, 0.1) is 0 Å². The van der Waals surface area contributed by atoms with Gasteiger partial charge in [0.15, 0.2) is 0 Å². The molecule has 18 heavy (non-hydrogen) atoms. The van der Waals surface area contributed by atoms with Gasteiger partial charge in [0.2, 0.25) is 0 Å². The Kier molecular flexibility index (Phi) is 4.27. The molecule has 2 aromatic rings. The van der Waals surface area contributed by atoms with Gasteiger partial charge in [0.25, 0.3) is 0 Å². The van der Waals surface area contributed by atoms with Crippen LogP contribution >= 0.6 is 15.9 Å². The van der Waals surface area contributed by atoms with Gasteiger partial charge in [-0.2, -0.15) is 5.10 Å². The second-order valence-corrected chi connectivity index (χ2v) is 5.42. The quantitative estimate of drug-likeness (QED) is 0.833. The summed E-state index contributed by atoms with van der Waals surface area (Å²) in [5.41, 5.74) is 1.05. The van der Waals surface area contributed by atoms with E-state index in [0.29, 0.717) is 0 Å². The van der Waals surface area contributed by atoms with Crippen LogP contribution in [0.3, 0.4) is 0 Å². The number of hydrogen-bond acceptors (Lipinski definition) is 2. The summed E-state index contributed by atoms with van der Waals surface area (Å²) in [7, 11) is 2.03. The third-order valence-electron chi connectivity index (χ3n) is 3.07. The Balaban J connectivity index is 2.54. The normalized spacial score (nSPS) is 11.1. The van der Waals surface area contributed by atoms with E-state index >= 15 is 0 Å². The molecule has 0 saturated heterocycles. The lowest BCUT2D eigenvalue weighted by molar-refractivity contribution is 0.685. The van der Waals surface area contributed by atoms with Crippen LogP contribution in [0.15, 0.2) is 22.7 Å². The molecule has 0 amide bonds. The number of hydrogen-bond donors (Lipinski definition) is 0. The van der Waals surface area contributed by atoms with Crippen LogP contribution in [0, 0.1) is 0 Å². The second-order valence-electron chi connectivity index (χ2n) is 4.57. The molecule has 0 bridgehead atoms. The lowest BCUT2D eigenvalue weighted by Crippen LogP contribution is -2.27. The van der Waals surface area contributed by atoms with Crippen LogP contribution in [0.4, 0.5) is 5.82 Å². The van der Waals surface area contributed by atoms with E-state index in [0.717, 1.165) is 35.9 Å². The molecule has 3 nitrogen and oxygen atoms in total. The molecule has 0 N–H and O–H groups in total. The molecule has 0 fully saturated rings. The molecule has 0 atom stereocenters. The smallest absolute Gasteiger partial charge is 0.134 e. The fourth-order valence-electron chi connectivity index (χ4n) is 2.41. The van der Waals surface area contributed by atoms with Gasteiger partial charge in [-0.15, -0.1) is 0 Å². The summed E-state index contributed by atoms with van der Waals surface area (Å²) in [6.07, 6.45) is 2.31. The van der Waals surface area contributed by atoms with Crippen LogP contribution in [0.1, 0.15) is 26.7 Å². The number of benzene rings is 1. The molecule has 0 spiro atoms. The lowest BCUT2D eigenvalue weighted by Gasteiger charge is -2.23. The number of aryl methyl sites for hydroxylation is 1. The zero-order valence-electron chi connectivity index (χ0n) is 11.3. The van der Waals surface area contributed by atoms with Gasteiger partial charge in [-0.3, -0.25) is 4.68 Å². The van der Waals surface area contributed by atoms with Gasteiger partial charge < -0.3 is 4.90 Å². The number of halogens is 1. The van der Waals surface area contributed by atoms with Crippen molar-refractivity contribution in [2.45, 2.75) is 26.7 Å². The molecule has 0 aliphatic carbocycles. The molecule has 1 aromatic heterocycles. The van der Waals surface area contributed by atoms with Crippen LogP contribution in [0.2, 0.25) is 0 Å². The van der Waals surface area contributed by atoms with Crippen LogP contribution in [-0.2, 0) is 7.05 Å². The Labute approximate surface area is 117 Å². The van der Waals surface area contributed by atoms with Crippen LogP contribution in [-0.4, -0.2) is 22.9 Å². The van der Waals surface area contributed by atoms with Crippen molar-refractivity contribution < 1.29 is 0 Å². The molecular formula is C14H20BrN3. The number of fused-ring (bicyclic) bond motifs is 1. The molecule has 1 heterocycles. The van der Waals surface area contributed by atoms with Crippen LogP contribution in [0.5, 0.6) is 0 Å². The number of nitrogens with zero attached hydrogens (tertiary/aromatic N) is 3. The summed E-state index contributed by atoms with van der Waals surface area (Å²) in [5.74, 6) is 1.23. The van der Waals surface area contributed by atoms with E-state index in [1.54, 1.807) is 0 Å². The average molecular weight is 310 g/mol. The Hall–Kier alpha value is -1.03. The molecule has 0 saturated carbocycles. The SMILES string of the molecule is CCCN(CCC)c1c2cccc(Br)c2nn1C. The van der Waals surface area contributed by atoms with Crippen molar-refractivity contribution in [1.82, 2.24) is 9.78 Å². The van der Waals surface area contributed by atoms with Crippen molar-refractivity contribution in [3.63, 3.8) is 0 Å². The zero-order chi connectivity index (χ0) is 13.1. The van der Waals surface area contributed by atoms with E-state index < -0.39 is 0 Å². The van der Waals surface area contributed by atoms with Crippen molar-refractivity contribution in [1.29, 1.82) is 0 Å². The summed E-state index contributed by atoms with van der Waals surface area (Å²) < 4.78 is 3.07. The van der Waals surface area contributed by atoms with Gasteiger partial charge in [-0.1, -0.05) is 19.9 Å². The molecule has 4 heteroatoms. The molecule has 0 radical (unpaired) electrons. The third-order valence-corrected chi connectivity index (χ3v) is 3.71. The topological polar surface area (TPSA) is 21.1 Å². The zero-order valence-corrected chi connectivity index (χ0v) is 12.9. The highest BCUT2D eigenvalue weighted by atomic mass is 79.9. The van der Waals surface area contributed by atoms with E-state index in [1.165, 1.54) is 11.2 Å². The largest absolute Gasteiger partial charge is 0.356 e. The van der Waals surface area contributed by atoms with Gasteiger partial charge in [0, 0.05) is 30.0 Å². The van der Waals surface area contributed by atoms with Crippen molar-refractivity contribution in [2.75, 3.05) is 18.0 Å². The monoisotopic (exact) mass is 309 g/mol. The van der Waals surface area contributed by atoms with Gasteiger partial charge in [-0.25, -0.2) is 0 Å². The first-order valence-corrected chi connectivity index (χ1v) is 7.34. The maximum atomic E-state index is 4.63. The van der Waals surface area contributed by atoms with E-state index in [4.69, 9.17) is 0 Å². The van der Waals surface area contributed by atoms with Crippen molar-refractivity contribution in [3.05, 3.63) is 22.7 Å². The molecule has 0 aliphatic heterocycles. The molecule has 98 valence electrons. The molecule has 0 aliphatic rings. The van der Waals surface area contributed by atoms with Crippen LogP contribution < -0.4 is 4.90 Å². The Bertz CT molecular complexity index is 527. The first kappa shape index (κ1) is 13.4. The molecular weight excluding hydrogens is 290 g/mol. The first-order chi connectivity index (χ1) is 8.69. The number of aromatic nitrogens is 2. The number of rotatable bonds is 5. The van der Waals surface area contributed by atoms with E-state index in [9.17, 15) is 0 Å². The highest BCUT2D eigenvalue weighted by Crippen LogP contribution is 2.31. The standard InChI is InChI=1S/C14H20BrN3/c1-4-9-18(10-5-2)14-11-7-6-8-12(15)13(11)16-17(14)3/h6-8H,4-5,9-10H2,1-3H3. The first-order valence-electron chi connectivity index (χ1n) is 6.55. The second kappa shape index (κ2) is 5.74. The maximum absolute atomic E-state index is 4.63. The predicted octanol–water partition coefficient (Wildman–Crippen LogP) is 3.96. The fourth-order valence-corrected chi connectivity index (χ4v) is 2.85. The summed E-state index contributed by atoms with van der Waals surface area (Å²) in [5, 5.41) is 5.86. The fraction of sp³-hybridized carbons (Fsp3) is 0.500. The maximum Gasteiger partial charge on any atom is 0.134 e. The minimum Gasteiger partial charge on any atom is -0.356 e. The summed E-state index contributed by atoms with van der Waals surface area (Å²) in [6.45, 7) is 6.60. The Morgan fingerprint density at radius 1 is 1.22 bits per heavy atom. The van der Waals surface area contributed by atoms with E-state index in [-0.39, 0.29) is 0 Å². The summed E-state index contributed by atoms with van der Waals surface area (Å²) in [6, 6.07) is 6.28. The molecule has 1 aromatic carbocycles. The number of anilines is 1. The average Bonchev–Trinajstić information content (AvgIpc) is 2.67. The third kappa shape index (κ3) is 2.39. The Morgan fingerprint density at radius 2 is 1.89 bits per heavy atom. The van der Waals surface area contributed by atoms with Gasteiger partial charge in [-0.05, 0) is 40.9 Å². The lowest BCUT2D eigenvalue weighted by atomic mass is 10.2. The van der Waals surface area contributed by atoms with Crippen molar-refractivity contribution in [2.24, 2.45) is 7.05 Å². The van der Waals surface area contributed by atoms with E-state index in [2.05, 4.69) is 51.9 Å². The molecule has 2 rings (SSSR count). The minimum absolute atomic E-state index is 1.05.